The largest absolute Gasteiger partial charge is 0.486 e. The normalized spacial score (nSPS) is 10.9. The van der Waals surface area contributed by atoms with E-state index in [1.807, 2.05) is 20.8 Å². The third-order valence-electron chi connectivity index (χ3n) is 3.73. The molecule has 0 aliphatic rings. The van der Waals surface area contributed by atoms with E-state index in [9.17, 15) is 4.79 Å². The van der Waals surface area contributed by atoms with Crippen molar-refractivity contribution in [1.82, 2.24) is 30.0 Å². The van der Waals surface area contributed by atoms with E-state index >= 15 is 0 Å². The number of rotatable bonds is 7. The first kappa shape index (κ1) is 17.6. The van der Waals surface area contributed by atoms with Crippen LogP contribution < -0.4 is 10.1 Å². The number of hydrogen-bond donors (Lipinski definition) is 1. The summed E-state index contributed by atoms with van der Waals surface area (Å²) < 4.78 is 9.18. The van der Waals surface area contributed by atoms with Gasteiger partial charge >= 0.3 is 0 Å². The first-order valence-electron chi connectivity index (χ1n) is 8.40. The van der Waals surface area contributed by atoms with Gasteiger partial charge in [-0.2, -0.15) is 5.10 Å². The number of tetrazole rings is 1. The van der Waals surface area contributed by atoms with Crippen molar-refractivity contribution in [2.45, 2.75) is 40.0 Å². The fraction of sp³-hybridized carbons (Fsp3) is 0.353. The minimum absolute atomic E-state index is 0.143. The second kappa shape index (κ2) is 7.77. The molecule has 0 aliphatic heterocycles. The van der Waals surface area contributed by atoms with E-state index in [4.69, 9.17) is 4.74 Å². The fourth-order valence-corrected chi connectivity index (χ4v) is 2.39. The van der Waals surface area contributed by atoms with Crippen LogP contribution in [0.25, 0.3) is 0 Å². The van der Waals surface area contributed by atoms with Crippen LogP contribution in [0.1, 0.15) is 43.0 Å². The number of carbonyl (C=O) groups is 1. The molecular weight excluding hydrogens is 334 g/mol. The first-order chi connectivity index (χ1) is 12.6. The number of anilines is 1. The molecule has 26 heavy (non-hydrogen) atoms. The van der Waals surface area contributed by atoms with Gasteiger partial charge < -0.3 is 10.1 Å². The highest BCUT2D eigenvalue weighted by Crippen LogP contribution is 2.17. The molecule has 0 unspecified atom stereocenters. The SMILES string of the molecule is CCn1cc(NC(=O)c2cccc(OCc3nnnn3C(C)C)c2)cn1. The van der Waals surface area contributed by atoms with E-state index in [1.165, 1.54) is 0 Å². The van der Waals surface area contributed by atoms with E-state index in [-0.39, 0.29) is 18.6 Å². The summed E-state index contributed by atoms with van der Waals surface area (Å²) >= 11 is 0. The predicted octanol–water partition coefficient (Wildman–Crippen LogP) is 2.30. The summed E-state index contributed by atoms with van der Waals surface area (Å²) in [5.74, 6) is 0.972. The molecule has 2 heterocycles. The standard InChI is InChI=1S/C17H21N7O2/c1-4-23-10-14(9-18-23)19-17(25)13-6-5-7-15(8-13)26-11-16-20-21-22-24(16)12(2)3/h5-10,12H,4,11H2,1-3H3,(H,19,25). The summed E-state index contributed by atoms with van der Waals surface area (Å²) in [6.45, 7) is 6.93. The van der Waals surface area contributed by atoms with Gasteiger partial charge in [0.2, 0.25) is 0 Å². The Morgan fingerprint density at radius 2 is 2.19 bits per heavy atom. The van der Waals surface area contributed by atoms with Crippen molar-refractivity contribution in [1.29, 1.82) is 0 Å². The van der Waals surface area contributed by atoms with E-state index in [1.54, 1.807) is 46.0 Å². The summed E-state index contributed by atoms with van der Waals surface area (Å²) in [4.78, 5) is 12.4. The molecule has 0 fully saturated rings. The van der Waals surface area contributed by atoms with E-state index in [2.05, 4.69) is 25.9 Å². The monoisotopic (exact) mass is 355 g/mol. The van der Waals surface area contributed by atoms with Gasteiger partial charge in [0.15, 0.2) is 5.82 Å². The summed E-state index contributed by atoms with van der Waals surface area (Å²) in [7, 11) is 0. The molecule has 0 saturated heterocycles. The van der Waals surface area contributed by atoms with Gasteiger partial charge in [0.05, 0.1) is 17.9 Å². The zero-order chi connectivity index (χ0) is 18.5. The Morgan fingerprint density at radius 1 is 1.35 bits per heavy atom. The highest BCUT2D eigenvalue weighted by molar-refractivity contribution is 6.04. The summed E-state index contributed by atoms with van der Waals surface area (Å²) in [5, 5.41) is 18.5. The fourth-order valence-electron chi connectivity index (χ4n) is 2.39. The highest BCUT2D eigenvalue weighted by Gasteiger charge is 2.12. The van der Waals surface area contributed by atoms with Crippen LogP contribution >= 0.6 is 0 Å². The van der Waals surface area contributed by atoms with Gasteiger partial charge in [-0.25, -0.2) is 4.68 Å². The topological polar surface area (TPSA) is 99.8 Å². The molecule has 1 N–H and O–H groups in total. The van der Waals surface area contributed by atoms with Gasteiger partial charge in [-0.15, -0.1) is 5.10 Å². The third kappa shape index (κ3) is 4.05. The van der Waals surface area contributed by atoms with Gasteiger partial charge in [-0.1, -0.05) is 6.07 Å². The lowest BCUT2D eigenvalue weighted by molar-refractivity contribution is 0.102. The molecule has 0 saturated carbocycles. The molecule has 1 aromatic carbocycles. The Balaban J connectivity index is 1.65. The number of nitrogens with one attached hydrogen (secondary N) is 1. The van der Waals surface area contributed by atoms with Crippen LogP contribution in [-0.4, -0.2) is 35.9 Å². The third-order valence-corrected chi connectivity index (χ3v) is 3.73. The average Bonchev–Trinajstić information content (AvgIpc) is 3.29. The molecule has 0 spiro atoms. The van der Waals surface area contributed by atoms with Crippen LogP contribution in [-0.2, 0) is 13.2 Å². The molecule has 3 rings (SSSR count). The quantitative estimate of drug-likeness (QED) is 0.698. The molecule has 136 valence electrons. The van der Waals surface area contributed by atoms with Crippen molar-refractivity contribution in [2.75, 3.05) is 5.32 Å². The van der Waals surface area contributed by atoms with Gasteiger partial charge in [0.25, 0.3) is 5.91 Å². The highest BCUT2D eigenvalue weighted by atomic mass is 16.5. The second-order valence-corrected chi connectivity index (χ2v) is 5.99. The summed E-state index contributed by atoms with van der Waals surface area (Å²) in [5.41, 5.74) is 1.15. The molecule has 0 bridgehead atoms. The molecule has 3 aromatic rings. The number of hydrogen-bond acceptors (Lipinski definition) is 6. The van der Waals surface area contributed by atoms with Crippen LogP contribution in [0.2, 0.25) is 0 Å². The van der Waals surface area contributed by atoms with Gasteiger partial charge in [-0.05, 0) is 49.4 Å². The predicted molar refractivity (Wildman–Crippen MR) is 94.8 cm³/mol. The van der Waals surface area contributed by atoms with Crippen molar-refractivity contribution in [3.05, 3.63) is 48.0 Å². The van der Waals surface area contributed by atoms with Crippen molar-refractivity contribution in [3.8, 4) is 5.75 Å². The van der Waals surface area contributed by atoms with Crippen molar-refractivity contribution in [2.24, 2.45) is 0 Å². The average molecular weight is 355 g/mol. The maximum Gasteiger partial charge on any atom is 0.255 e. The molecule has 1 amide bonds. The van der Waals surface area contributed by atoms with E-state index < -0.39 is 0 Å². The van der Waals surface area contributed by atoms with E-state index in [0.29, 0.717) is 22.8 Å². The Bertz CT molecular complexity index is 885. The van der Waals surface area contributed by atoms with Crippen LogP contribution in [0.5, 0.6) is 5.75 Å². The number of aromatic nitrogens is 6. The summed E-state index contributed by atoms with van der Waals surface area (Å²) in [6, 6.07) is 7.11. The molecule has 9 nitrogen and oxygen atoms in total. The number of carbonyl (C=O) groups excluding carboxylic acids is 1. The molecule has 0 radical (unpaired) electrons. The second-order valence-electron chi connectivity index (χ2n) is 5.99. The lowest BCUT2D eigenvalue weighted by Crippen LogP contribution is -2.12. The van der Waals surface area contributed by atoms with Crippen LogP contribution in [0, 0.1) is 0 Å². The van der Waals surface area contributed by atoms with Crippen molar-refractivity contribution in [3.63, 3.8) is 0 Å². The zero-order valence-electron chi connectivity index (χ0n) is 15.0. The first-order valence-corrected chi connectivity index (χ1v) is 8.40. The molecular formula is C17H21N7O2. The Kier molecular flexibility index (Phi) is 5.26. The van der Waals surface area contributed by atoms with Gasteiger partial charge in [-0.3, -0.25) is 9.48 Å². The molecule has 9 heteroatoms. The van der Waals surface area contributed by atoms with Crippen LogP contribution in [0.3, 0.4) is 0 Å². The maximum absolute atomic E-state index is 12.4. The maximum atomic E-state index is 12.4. The number of ether oxygens (including phenoxy) is 1. The minimum atomic E-state index is -0.224. The molecule has 0 atom stereocenters. The Labute approximate surface area is 151 Å². The molecule has 0 aliphatic carbocycles. The van der Waals surface area contributed by atoms with E-state index in [0.717, 1.165) is 6.54 Å². The van der Waals surface area contributed by atoms with Crippen molar-refractivity contribution >= 4 is 11.6 Å². The Morgan fingerprint density at radius 3 is 2.92 bits per heavy atom. The minimum Gasteiger partial charge on any atom is -0.486 e. The number of benzene rings is 1. The number of nitrogens with zero attached hydrogens (tertiary/aromatic N) is 6. The Hall–Kier alpha value is -3.23. The van der Waals surface area contributed by atoms with Gasteiger partial charge in [0, 0.05) is 18.3 Å². The van der Waals surface area contributed by atoms with Crippen molar-refractivity contribution < 1.29 is 9.53 Å². The number of amides is 1. The lowest BCUT2D eigenvalue weighted by atomic mass is 10.2. The van der Waals surface area contributed by atoms with Crippen LogP contribution in [0.4, 0.5) is 5.69 Å². The summed E-state index contributed by atoms with van der Waals surface area (Å²) in [6.07, 6.45) is 3.40. The zero-order valence-corrected chi connectivity index (χ0v) is 15.0. The smallest absolute Gasteiger partial charge is 0.255 e. The van der Waals surface area contributed by atoms with Gasteiger partial charge in [0.1, 0.15) is 12.4 Å². The van der Waals surface area contributed by atoms with Crippen LogP contribution in [0.15, 0.2) is 36.7 Å². The lowest BCUT2D eigenvalue weighted by Gasteiger charge is -2.10. The molecule has 2 aromatic heterocycles. The number of aryl methyl sites for hydroxylation is 1.